The molecular formula is C14H21FN2. The summed E-state index contributed by atoms with van der Waals surface area (Å²) in [7, 11) is 0. The highest BCUT2D eigenvalue weighted by Crippen LogP contribution is 2.28. The van der Waals surface area contributed by atoms with Gasteiger partial charge in [-0.25, -0.2) is 4.39 Å². The number of hydrogen-bond donors (Lipinski definition) is 1. The second kappa shape index (κ2) is 5.50. The Morgan fingerprint density at radius 3 is 2.76 bits per heavy atom. The van der Waals surface area contributed by atoms with Crippen molar-refractivity contribution in [2.75, 3.05) is 18.8 Å². The van der Waals surface area contributed by atoms with Crippen LogP contribution in [0.25, 0.3) is 0 Å². The number of nitrogen functional groups attached to an aromatic ring is 1. The van der Waals surface area contributed by atoms with E-state index in [0.29, 0.717) is 5.69 Å². The third-order valence-corrected chi connectivity index (χ3v) is 3.73. The predicted molar refractivity (Wildman–Crippen MR) is 69.1 cm³/mol. The van der Waals surface area contributed by atoms with E-state index in [1.807, 2.05) is 6.07 Å². The lowest BCUT2D eigenvalue weighted by Crippen LogP contribution is -2.32. The third kappa shape index (κ3) is 2.97. The number of rotatable bonds is 5. The molecule has 0 heterocycles. The molecule has 2 rings (SSSR count). The molecule has 0 saturated heterocycles. The number of anilines is 1. The molecule has 0 radical (unpaired) electrons. The summed E-state index contributed by atoms with van der Waals surface area (Å²) in [5.74, 6) is 0.534. The van der Waals surface area contributed by atoms with Crippen LogP contribution < -0.4 is 5.73 Å². The van der Waals surface area contributed by atoms with Gasteiger partial charge in [-0.1, -0.05) is 25.5 Å². The smallest absolute Gasteiger partial charge is 0.146 e. The normalized spacial score (nSPS) is 16.2. The SMILES string of the molecule is CCN(Cc1cccc(F)c1N)CC1CCC1. The molecule has 1 fully saturated rings. The fraction of sp³-hybridized carbons (Fsp3) is 0.571. The Hall–Kier alpha value is -1.09. The number of nitrogens with zero attached hydrogens (tertiary/aromatic N) is 1. The lowest BCUT2D eigenvalue weighted by atomic mass is 9.85. The van der Waals surface area contributed by atoms with E-state index in [-0.39, 0.29) is 5.82 Å². The summed E-state index contributed by atoms with van der Waals surface area (Å²) in [5, 5.41) is 0. The molecule has 3 heteroatoms. The standard InChI is InChI=1S/C14H21FN2/c1-2-17(9-11-5-3-6-11)10-12-7-4-8-13(15)14(12)16/h4,7-8,11H,2-3,5-6,9-10,16H2,1H3. The van der Waals surface area contributed by atoms with E-state index in [9.17, 15) is 4.39 Å². The molecule has 0 aromatic heterocycles. The van der Waals surface area contributed by atoms with Crippen LogP contribution in [0, 0.1) is 11.7 Å². The molecule has 2 N–H and O–H groups in total. The van der Waals surface area contributed by atoms with Crippen molar-refractivity contribution >= 4 is 5.69 Å². The summed E-state index contributed by atoms with van der Waals surface area (Å²) in [6.45, 7) is 5.02. The van der Waals surface area contributed by atoms with E-state index in [0.717, 1.165) is 31.1 Å². The van der Waals surface area contributed by atoms with Crippen LogP contribution >= 0.6 is 0 Å². The number of benzene rings is 1. The summed E-state index contributed by atoms with van der Waals surface area (Å²) in [4.78, 5) is 2.36. The van der Waals surface area contributed by atoms with Crippen molar-refractivity contribution in [3.63, 3.8) is 0 Å². The molecule has 0 aliphatic heterocycles. The largest absolute Gasteiger partial charge is 0.396 e. The minimum Gasteiger partial charge on any atom is -0.396 e. The van der Waals surface area contributed by atoms with E-state index in [1.54, 1.807) is 6.07 Å². The van der Waals surface area contributed by atoms with Crippen molar-refractivity contribution < 1.29 is 4.39 Å². The van der Waals surface area contributed by atoms with Gasteiger partial charge in [-0.2, -0.15) is 0 Å². The molecule has 1 saturated carbocycles. The summed E-state index contributed by atoms with van der Waals surface area (Å²) < 4.78 is 13.3. The lowest BCUT2D eigenvalue weighted by Gasteiger charge is -2.32. The van der Waals surface area contributed by atoms with Crippen LogP contribution in [0.5, 0.6) is 0 Å². The Morgan fingerprint density at radius 1 is 1.41 bits per heavy atom. The molecule has 0 atom stereocenters. The van der Waals surface area contributed by atoms with Crippen molar-refractivity contribution in [2.45, 2.75) is 32.7 Å². The molecule has 17 heavy (non-hydrogen) atoms. The van der Waals surface area contributed by atoms with Crippen molar-refractivity contribution in [3.8, 4) is 0 Å². The van der Waals surface area contributed by atoms with Crippen LogP contribution in [0.3, 0.4) is 0 Å². The van der Waals surface area contributed by atoms with Crippen molar-refractivity contribution in [3.05, 3.63) is 29.6 Å². The van der Waals surface area contributed by atoms with E-state index in [1.165, 1.54) is 25.3 Å². The quantitative estimate of drug-likeness (QED) is 0.796. The van der Waals surface area contributed by atoms with Gasteiger partial charge in [0.1, 0.15) is 5.82 Å². The fourth-order valence-electron chi connectivity index (χ4n) is 2.31. The van der Waals surface area contributed by atoms with Gasteiger partial charge in [0.25, 0.3) is 0 Å². The second-order valence-corrected chi connectivity index (χ2v) is 4.94. The first-order chi connectivity index (χ1) is 8.20. The van der Waals surface area contributed by atoms with Gasteiger partial charge in [0.05, 0.1) is 5.69 Å². The van der Waals surface area contributed by atoms with Crippen LogP contribution in [-0.2, 0) is 6.54 Å². The molecule has 1 aliphatic carbocycles. The van der Waals surface area contributed by atoms with Crippen LogP contribution in [0.2, 0.25) is 0 Å². The Balaban J connectivity index is 1.99. The molecule has 1 aromatic carbocycles. The summed E-state index contributed by atoms with van der Waals surface area (Å²) in [6.07, 6.45) is 4.05. The number of hydrogen-bond acceptors (Lipinski definition) is 2. The van der Waals surface area contributed by atoms with Crippen molar-refractivity contribution in [1.29, 1.82) is 0 Å². The van der Waals surface area contributed by atoms with Crippen LogP contribution in [0.15, 0.2) is 18.2 Å². The van der Waals surface area contributed by atoms with E-state index in [4.69, 9.17) is 5.73 Å². The van der Waals surface area contributed by atoms with Gasteiger partial charge in [0.2, 0.25) is 0 Å². The predicted octanol–water partition coefficient (Wildman–Crippen LogP) is 3.03. The van der Waals surface area contributed by atoms with Crippen LogP contribution in [-0.4, -0.2) is 18.0 Å². The highest BCUT2D eigenvalue weighted by molar-refractivity contribution is 5.47. The summed E-state index contributed by atoms with van der Waals surface area (Å²) in [5.41, 5.74) is 6.97. The zero-order valence-corrected chi connectivity index (χ0v) is 10.5. The maximum absolute atomic E-state index is 13.3. The Kier molecular flexibility index (Phi) is 4.00. The van der Waals surface area contributed by atoms with Gasteiger partial charge in [0.15, 0.2) is 0 Å². The zero-order chi connectivity index (χ0) is 12.3. The molecule has 1 aliphatic rings. The monoisotopic (exact) mass is 236 g/mol. The molecule has 0 unspecified atom stereocenters. The summed E-state index contributed by atoms with van der Waals surface area (Å²) >= 11 is 0. The number of para-hydroxylation sites is 1. The Morgan fingerprint density at radius 2 is 2.18 bits per heavy atom. The second-order valence-electron chi connectivity index (χ2n) is 4.94. The highest BCUT2D eigenvalue weighted by atomic mass is 19.1. The molecule has 0 bridgehead atoms. The molecule has 0 amide bonds. The molecule has 1 aromatic rings. The van der Waals surface area contributed by atoms with Gasteiger partial charge < -0.3 is 5.73 Å². The number of nitrogens with two attached hydrogens (primary N) is 1. The molecule has 2 nitrogen and oxygen atoms in total. The highest BCUT2D eigenvalue weighted by Gasteiger charge is 2.20. The van der Waals surface area contributed by atoms with Crippen molar-refractivity contribution in [2.24, 2.45) is 5.92 Å². The van der Waals surface area contributed by atoms with Crippen molar-refractivity contribution in [1.82, 2.24) is 4.90 Å². The van der Waals surface area contributed by atoms with Crippen LogP contribution in [0.1, 0.15) is 31.7 Å². The van der Waals surface area contributed by atoms with Gasteiger partial charge in [-0.15, -0.1) is 0 Å². The summed E-state index contributed by atoms with van der Waals surface area (Å²) in [6, 6.07) is 5.07. The lowest BCUT2D eigenvalue weighted by molar-refractivity contribution is 0.178. The molecule has 0 spiro atoms. The molecular weight excluding hydrogens is 215 g/mol. The average molecular weight is 236 g/mol. The van der Waals surface area contributed by atoms with E-state index in [2.05, 4.69) is 11.8 Å². The van der Waals surface area contributed by atoms with Gasteiger partial charge in [-0.05, 0) is 36.9 Å². The maximum atomic E-state index is 13.3. The van der Waals surface area contributed by atoms with Gasteiger partial charge in [-0.3, -0.25) is 4.90 Å². The topological polar surface area (TPSA) is 29.3 Å². The minimum atomic E-state index is -0.304. The maximum Gasteiger partial charge on any atom is 0.146 e. The average Bonchev–Trinajstić information content (AvgIpc) is 2.27. The molecule has 94 valence electrons. The van der Waals surface area contributed by atoms with E-state index >= 15 is 0 Å². The first-order valence-corrected chi connectivity index (χ1v) is 6.46. The Labute approximate surface area is 103 Å². The fourth-order valence-corrected chi connectivity index (χ4v) is 2.31. The third-order valence-electron chi connectivity index (χ3n) is 3.73. The Bertz CT molecular complexity index is 374. The first-order valence-electron chi connectivity index (χ1n) is 6.46. The number of halogens is 1. The van der Waals surface area contributed by atoms with Gasteiger partial charge >= 0.3 is 0 Å². The minimum absolute atomic E-state index is 0.304. The van der Waals surface area contributed by atoms with Gasteiger partial charge in [0, 0.05) is 13.1 Å². The van der Waals surface area contributed by atoms with E-state index < -0.39 is 0 Å². The first kappa shape index (κ1) is 12.4. The van der Waals surface area contributed by atoms with Crippen LogP contribution in [0.4, 0.5) is 10.1 Å². The zero-order valence-electron chi connectivity index (χ0n) is 10.5.